The fourth-order valence-corrected chi connectivity index (χ4v) is 3.36. The maximum atomic E-state index is 10.2. The Balaban J connectivity index is 1.57. The van der Waals surface area contributed by atoms with E-state index in [9.17, 15) is 5.11 Å². The highest BCUT2D eigenvalue weighted by Crippen LogP contribution is 2.19. The van der Waals surface area contributed by atoms with Gasteiger partial charge in [-0.05, 0) is 57.0 Å². The van der Waals surface area contributed by atoms with Crippen LogP contribution in [0.3, 0.4) is 0 Å². The lowest BCUT2D eigenvalue weighted by atomic mass is 10.1. The summed E-state index contributed by atoms with van der Waals surface area (Å²) in [4.78, 5) is 8.77. The molecule has 0 aliphatic rings. The van der Waals surface area contributed by atoms with Gasteiger partial charge in [0.1, 0.15) is 12.4 Å². The number of benzene rings is 1. The highest BCUT2D eigenvalue weighted by molar-refractivity contribution is 7.99. The van der Waals surface area contributed by atoms with Crippen molar-refractivity contribution in [3.05, 3.63) is 46.8 Å². The van der Waals surface area contributed by atoms with Crippen molar-refractivity contribution in [3.63, 3.8) is 0 Å². The largest absolute Gasteiger partial charge is 0.491 e. The molecule has 2 aromatic heterocycles. The van der Waals surface area contributed by atoms with Gasteiger partial charge in [0.2, 0.25) is 5.16 Å². The lowest BCUT2D eigenvalue weighted by molar-refractivity contribution is 0.126. The van der Waals surface area contributed by atoms with Crippen LogP contribution in [-0.4, -0.2) is 43.2 Å². The van der Waals surface area contributed by atoms with E-state index in [4.69, 9.17) is 4.74 Å². The standard InChI is InChI=1S/C18H22N4O2S/c1-11-5-12(2)7-16(6-11)24-9-15(23)10-25-18-20-17-19-13(3)8-14(4)22(17)21-18/h5-8,15,23H,9-10H2,1-4H3/t15-/m1/s1. The topological polar surface area (TPSA) is 72.5 Å². The summed E-state index contributed by atoms with van der Waals surface area (Å²) < 4.78 is 7.41. The van der Waals surface area contributed by atoms with Crippen LogP contribution in [0.15, 0.2) is 29.4 Å². The first-order valence-corrected chi connectivity index (χ1v) is 9.12. The molecule has 1 atom stereocenters. The second-order valence-corrected chi connectivity index (χ2v) is 7.23. The predicted octanol–water partition coefficient (Wildman–Crippen LogP) is 2.89. The fraction of sp³-hybridized carbons (Fsp3) is 0.389. The van der Waals surface area contributed by atoms with Crippen LogP contribution in [0.4, 0.5) is 0 Å². The number of hydrogen-bond donors (Lipinski definition) is 1. The van der Waals surface area contributed by atoms with Gasteiger partial charge in [-0.25, -0.2) is 9.50 Å². The van der Waals surface area contributed by atoms with Crippen LogP contribution in [0, 0.1) is 27.7 Å². The average Bonchev–Trinajstić information content (AvgIpc) is 2.93. The molecule has 132 valence electrons. The summed E-state index contributed by atoms with van der Waals surface area (Å²) in [6.45, 7) is 8.19. The molecule has 0 saturated carbocycles. The van der Waals surface area contributed by atoms with Crippen LogP contribution in [0.25, 0.3) is 5.78 Å². The highest BCUT2D eigenvalue weighted by atomic mass is 32.2. The summed E-state index contributed by atoms with van der Waals surface area (Å²) in [6, 6.07) is 7.98. The number of aliphatic hydroxyl groups excluding tert-OH is 1. The second-order valence-electron chi connectivity index (χ2n) is 6.24. The first-order chi connectivity index (χ1) is 11.9. The second kappa shape index (κ2) is 7.41. The third-order valence-electron chi connectivity index (χ3n) is 3.64. The molecule has 7 heteroatoms. The van der Waals surface area contributed by atoms with Crippen molar-refractivity contribution in [2.45, 2.75) is 39.0 Å². The Labute approximate surface area is 151 Å². The third kappa shape index (κ3) is 4.49. The minimum absolute atomic E-state index is 0.236. The molecule has 6 nitrogen and oxygen atoms in total. The Kier molecular flexibility index (Phi) is 5.24. The summed E-state index contributed by atoms with van der Waals surface area (Å²) >= 11 is 1.40. The molecule has 0 aliphatic heterocycles. The van der Waals surface area contributed by atoms with Gasteiger partial charge in [-0.2, -0.15) is 4.98 Å². The molecule has 0 fully saturated rings. The number of nitrogens with zero attached hydrogens (tertiary/aromatic N) is 4. The monoisotopic (exact) mass is 358 g/mol. The average molecular weight is 358 g/mol. The van der Waals surface area contributed by atoms with Crippen molar-refractivity contribution in [3.8, 4) is 5.75 Å². The smallest absolute Gasteiger partial charge is 0.253 e. The van der Waals surface area contributed by atoms with Gasteiger partial charge in [-0.15, -0.1) is 5.10 Å². The van der Waals surface area contributed by atoms with Crippen LogP contribution in [-0.2, 0) is 0 Å². The molecular formula is C18H22N4O2S. The molecule has 25 heavy (non-hydrogen) atoms. The zero-order chi connectivity index (χ0) is 18.0. The number of rotatable bonds is 6. The summed E-state index contributed by atoms with van der Waals surface area (Å²) in [6.07, 6.45) is -0.603. The number of ether oxygens (including phenoxy) is 1. The van der Waals surface area contributed by atoms with Crippen LogP contribution in [0.1, 0.15) is 22.5 Å². The summed E-state index contributed by atoms with van der Waals surface area (Å²) in [5.74, 6) is 1.82. The molecule has 0 saturated heterocycles. The van der Waals surface area contributed by atoms with E-state index < -0.39 is 6.10 Å². The van der Waals surface area contributed by atoms with Gasteiger partial charge in [0, 0.05) is 17.1 Å². The first-order valence-electron chi connectivity index (χ1n) is 8.13. The van der Waals surface area contributed by atoms with Gasteiger partial charge in [-0.3, -0.25) is 0 Å². The lowest BCUT2D eigenvalue weighted by Gasteiger charge is -2.12. The summed E-state index contributed by atoms with van der Waals surface area (Å²) in [5.41, 5.74) is 4.19. The molecule has 0 radical (unpaired) electrons. The van der Waals surface area contributed by atoms with Gasteiger partial charge < -0.3 is 9.84 Å². The van der Waals surface area contributed by atoms with Crippen LogP contribution in [0.2, 0.25) is 0 Å². The van der Waals surface area contributed by atoms with Crippen LogP contribution >= 0.6 is 11.8 Å². The number of hydrogen-bond acceptors (Lipinski definition) is 6. The van der Waals surface area contributed by atoms with Crippen LogP contribution in [0.5, 0.6) is 5.75 Å². The molecule has 0 amide bonds. The zero-order valence-corrected chi connectivity index (χ0v) is 15.7. The SMILES string of the molecule is Cc1cc(C)cc(OC[C@@H](O)CSc2nc3nc(C)cc(C)n3n2)c1. The minimum atomic E-state index is -0.603. The Bertz CT molecular complexity index is 874. The van der Waals surface area contributed by atoms with Gasteiger partial charge in [0.05, 0.1) is 6.10 Å². The van der Waals surface area contributed by atoms with E-state index in [-0.39, 0.29) is 6.61 Å². The Morgan fingerprint density at radius 3 is 2.52 bits per heavy atom. The number of thioether (sulfide) groups is 1. The highest BCUT2D eigenvalue weighted by Gasteiger charge is 2.12. The number of aliphatic hydroxyl groups is 1. The molecule has 2 heterocycles. The van der Waals surface area contributed by atoms with Gasteiger partial charge in [0.25, 0.3) is 5.78 Å². The molecule has 0 spiro atoms. The molecule has 0 unspecified atom stereocenters. The maximum Gasteiger partial charge on any atom is 0.253 e. The Morgan fingerprint density at radius 2 is 1.80 bits per heavy atom. The molecule has 1 aromatic carbocycles. The zero-order valence-electron chi connectivity index (χ0n) is 14.9. The first kappa shape index (κ1) is 17.7. The maximum absolute atomic E-state index is 10.2. The predicted molar refractivity (Wildman–Crippen MR) is 98.4 cm³/mol. The summed E-state index contributed by atoms with van der Waals surface area (Å²) in [7, 11) is 0. The number of aryl methyl sites for hydroxylation is 4. The van der Waals surface area contributed by atoms with E-state index in [0.717, 1.165) is 28.3 Å². The van der Waals surface area contributed by atoms with E-state index in [1.807, 2.05) is 45.9 Å². The quantitative estimate of drug-likeness (QED) is 0.683. The van der Waals surface area contributed by atoms with E-state index >= 15 is 0 Å². The Hall–Kier alpha value is -2.12. The Morgan fingerprint density at radius 1 is 1.08 bits per heavy atom. The number of fused-ring (bicyclic) bond motifs is 1. The van der Waals surface area contributed by atoms with Crippen LogP contribution < -0.4 is 4.74 Å². The van der Waals surface area contributed by atoms with Gasteiger partial charge >= 0.3 is 0 Å². The van der Waals surface area contributed by atoms with Crippen molar-refractivity contribution in [2.75, 3.05) is 12.4 Å². The molecule has 0 aliphatic carbocycles. The van der Waals surface area contributed by atoms with Crippen molar-refractivity contribution < 1.29 is 9.84 Å². The van der Waals surface area contributed by atoms with Gasteiger partial charge in [-0.1, -0.05) is 17.8 Å². The molecular weight excluding hydrogens is 336 g/mol. The van der Waals surface area contributed by atoms with Crippen molar-refractivity contribution in [1.29, 1.82) is 0 Å². The minimum Gasteiger partial charge on any atom is -0.491 e. The van der Waals surface area contributed by atoms with Crippen molar-refractivity contribution in [2.24, 2.45) is 0 Å². The molecule has 0 bridgehead atoms. The lowest BCUT2D eigenvalue weighted by Crippen LogP contribution is -2.20. The van der Waals surface area contributed by atoms with E-state index in [2.05, 4.69) is 21.1 Å². The normalized spacial score (nSPS) is 12.5. The molecule has 1 N–H and O–H groups in total. The molecule has 3 aromatic rings. The van der Waals surface area contributed by atoms with Crippen molar-refractivity contribution in [1.82, 2.24) is 19.6 Å². The van der Waals surface area contributed by atoms with E-state index in [1.54, 1.807) is 4.52 Å². The molecule has 3 rings (SSSR count). The van der Waals surface area contributed by atoms with E-state index in [1.165, 1.54) is 11.8 Å². The summed E-state index contributed by atoms with van der Waals surface area (Å²) in [5, 5.41) is 15.2. The fourth-order valence-electron chi connectivity index (χ4n) is 2.64. The van der Waals surface area contributed by atoms with E-state index in [0.29, 0.717) is 16.7 Å². The number of aromatic nitrogens is 4. The van der Waals surface area contributed by atoms with Gasteiger partial charge in [0.15, 0.2) is 0 Å². The van der Waals surface area contributed by atoms with Crippen molar-refractivity contribution >= 4 is 17.5 Å². The third-order valence-corrected chi connectivity index (χ3v) is 4.62.